The van der Waals surface area contributed by atoms with Crippen LogP contribution in [0.4, 0.5) is 4.79 Å². The number of fused-ring (bicyclic) bond motifs is 3. The Balaban J connectivity index is 1.42. The molecule has 0 heterocycles. The van der Waals surface area contributed by atoms with Crippen molar-refractivity contribution < 1.29 is 24.2 Å². The van der Waals surface area contributed by atoms with Crippen LogP contribution < -0.4 is 10.6 Å². The largest absolute Gasteiger partial charge is 0.481 e. The van der Waals surface area contributed by atoms with E-state index < -0.39 is 29.6 Å². The first-order valence-electron chi connectivity index (χ1n) is 12.3. The van der Waals surface area contributed by atoms with Gasteiger partial charge in [-0.15, -0.1) is 0 Å². The van der Waals surface area contributed by atoms with Gasteiger partial charge >= 0.3 is 12.1 Å². The number of carboxylic acid groups (broad SMARTS) is 1. The van der Waals surface area contributed by atoms with Gasteiger partial charge in [-0.05, 0) is 46.4 Å². The summed E-state index contributed by atoms with van der Waals surface area (Å²) in [5.74, 6) is -1.25. The van der Waals surface area contributed by atoms with Gasteiger partial charge in [-0.25, -0.2) is 4.79 Å². The number of amides is 2. The molecule has 35 heavy (non-hydrogen) atoms. The SMILES string of the molecule is CC(C)(C)[C@@H](NC(=O)OCC1c2ccccc2-c2ccccc21)C(=O)NC(CC(=O)O)C1CCC1. The summed E-state index contributed by atoms with van der Waals surface area (Å²) >= 11 is 0. The third kappa shape index (κ3) is 5.50. The summed E-state index contributed by atoms with van der Waals surface area (Å²) in [7, 11) is 0. The van der Waals surface area contributed by atoms with Crippen LogP contribution in [0.3, 0.4) is 0 Å². The number of rotatable bonds is 8. The first-order valence-corrected chi connectivity index (χ1v) is 12.3. The molecule has 1 fully saturated rings. The number of alkyl carbamates (subject to hydrolysis) is 1. The van der Waals surface area contributed by atoms with Gasteiger partial charge in [0.15, 0.2) is 0 Å². The maximum Gasteiger partial charge on any atom is 0.407 e. The monoisotopic (exact) mass is 478 g/mol. The number of carbonyl (C=O) groups excluding carboxylic acids is 2. The molecule has 2 aliphatic carbocycles. The van der Waals surface area contributed by atoms with Crippen LogP contribution in [0.1, 0.15) is 63.5 Å². The number of nitrogens with one attached hydrogen (secondary N) is 2. The number of aliphatic carboxylic acids is 1. The van der Waals surface area contributed by atoms with E-state index in [1.165, 1.54) is 0 Å². The zero-order valence-corrected chi connectivity index (χ0v) is 20.5. The highest BCUT2D eigenvalue weighted by atomic mass is 16.5. The number of ether oxygens (including phenoxy) is 1. The van der Waals surface area contributed by atoms with Crippen LogP contribution in [0.2, 0.25) is 0 Å². The van der Waals surface area contributed by atoms with Crippen molar-refractivity contribution in [3.05, 3.63) is 59.7 Å². The van der Waals surface area contributed by atoms with E-state index in [1.807, 2.05) is 45.0 Å². The molecule has 1 saturated carbocycles. The van der Waals surface area contributed by atoms with Crippen LogP contribution in [-0.2, 0) is 14.3 Å². The first-order chi connectivity index (χ1) is 16.6. The number of carbonyl (C=O) groups is 3. The average Bonchev–Trinajstić information content (AvgIpc) is 3.07. The molecule has 4 rings (SSSR count). The highest BCUT2D eigenvalue weighted by Gasteiger charge is 2.37. The Kier molecular flexibility index (Phi) is 7.15. The van der Waals surface area contributed by atoms with E-state index in [1.54, 1.807) is 0 Å². The Morgan fingerprint density at radius 3 is 2.03 bits per heavy atom. The summed E-state index contributed by atoms with van der Waals surface area (Å²) in [4.78, 5) is 37.3. The van der Waals surface area contributed by atoms with Crippen molar-refractivity contribution in [1.29, 1.82) is 0 Å². The van der Waals surface area contributed by atoms with Crippen molar-refractivity contribution in [2.45, 2.75) is 64.5 Å². The molecule has 7 nitrogen and oxygen atoms in total. The normalized spacial score (nSPS) is 16.9. The van der Waals surface area contributed by atoms with Crippen LogP contribution in [0.5, 0.6) is 0 Å². The molecule has 0 aliphatic heterocycles. The van der Waals surface area contributed by atoms with Crippen LogP contribution >= 0.6 is 0 Å². The molecule has 3 N–H and O–H groups in total. The minimum Gasteiger partial charge on any atom is -0.481 e. The number of hydrogen-bond acceptors (Lipinski definition) is 4. The molecule has 2 amide bonds. The minimum absolute atomic E-state index is 0.0753. The van der Waals surface area contributed by atoms with E-state index >= 15 is 0 Å². The maximum absolute atomic E-state index is 13.2. The second-order valence-electron chi connectivity index (χ2n) is 10.7. The molecule has 0 spiro atoms. The molecule has 186 valence electrons. The van der Waals surface area contributed by atoms with E-state index in [0.29, 0.717) is 0 Å². The van der Waals surface area contributed by atoms with Gasteiger partial charge in [0.1, 0.15) is 12.6 Å². The summed E-state index contributed by atoms with van der Waals surface area (Å²) in [5, 5.41) is 14.9. The second-order valence-corrected chi connectivity index (χ2v) is 10.7. The highest BCUT2D eigenvalue weighted by Crippen LogP contribution is 2.44. The molecule has 0 radical (unpaired) electrons. The van der Waals surface area contributed by atoms with Gasteiger partial charge in [0, 0.05) is 12.0 Å². The van der Waals surface area contributed by atoms with E-state index in [9.17, 15) is 19.5 Å². The fraction of sp³-hybridized carbons (Fsp3) is 0.464. The summed E-state index contributed by atoms with van der Waals surface area (Å²) in [6, 6.07) is 14.9. The topological polar surface area (TPSA) is 105 Å². The number of carboxylic acids is 1. The van der Waals surface area contributed by atoms with Gasteiger partial charge in [-0.3, -0.25) is 9.59 Å². The van der Waals surface area contributed by atoms with Gasteiger partial charge in [0.05, 0.1) is 6.42 Å². The number of hydrogen-bond donors (Lipinski definition) is 3. The summed E-state index contributed by atoms with van der Waals surface area (Å²) in [6.07, 6.45) is 2.05. The lowest BCUT2D eigenvalue weighted by molar-refractivity contribution is -0.138. The fourth-order valence-corrected chi connectivity index (χ4v) is 5.07. The predicted octanol–water partition coefficient (Wildman–Crippen LogP) is 4.70. The van der Waals surface area contributed by atoms with Crippen LogP contribution in [0.15, 0.2) is 48.5 Å². The Morgan fingerprint density at radius 1 is 0.971 bits per heavy atom. The molecule has 0 aromatic heterocycles. The molecule has 2 atom stereocenters. The molecule has 2 aromatic carbocycles. The summed E-state index contributed by atoms with van der Waals surface area (Å²) in [6.45, 7) is 5.73. The quantitative estimate of drug-likeness (QED) is 0.510. The molecule has 2 aliphatic rings. The van der Waals surface area contributed by atoms with Crippen LogP contribution in [0, 0.1) is 11.3 Å². The number of benzene rings is 2. The second kappa shape index (κ2) is 10.1. The maximum atomic E-state index is 13.2. The van der Waals surface area contributed by atoms with E-state index in [0.717, 1.165) is 41.5 Å². The zero-order valence-electron chi connectivity index (χ0n) is 20.5. The lowest BCUT2D eigenvalue weighted by atomic mass is 9.78. The van der Waals surface area contributed by atoms with Gasteiger partial charge in [0.25, 0.3) is 0 Å². The zero-order chi connectivity index (χ0) is 25.2. The van der Waals surface area contributed by atoms with Gasteiger partial charge in [0.2, 0.25) is 5.91 Å². The molecule has 2 aromatic rings. The third-order valence-corrected chi connectivity index (χ3v) is 7.18. The first kappa shape index (κ1) is 24.8. The molecular formula is C28H34N2O5. The van der Waals surface area contributed by atoms with Crippen molar-refractivity contribution in [1.82, 2.24) is 10.6 Å². The predicted molar refractivity (Wildman–Crippen MR) is 133 cm³/mol. The Morgan fingerprint density at radius 2 is 1.54 bits per heavy atom. The Hall–Kier alpha value is -3.35. The lowest BCUT2D eigenvalue weighted by Gasteiger charge is -2.36. The summed E-state index contributed by atoms with van der Waals surface area (Å²) < 4.78 is 5.64. The highest BCUT2D eigenvalue weighted by molar-refractivity contribution is 5.87. The van der Waals surface area contributed by atoms with E-state index in [2.05, 4.69) is 34.9 Å². The van der Waals surface area contributed by atoms with Crippen LogP contribution in [0.25, 0.3) is 11.1 Å². The van der Waals surface area contributed by atoms with Crippen LogP contribution in [-0.4, -0.2) is 41.8 Å². The average molecular weight is 479 g/mol. The third-order valence-electron chi connectivity index (χ3n) is 7.18. The fourth-order valence-electron chi connectivity index (χ4n) is 5.07. The minimum atomic E-state index is -0.945. The molecule has 1 unspecified atom stereocenters. The van der Waals surface area contributed by atoms with Crippen molar-refractivity contribution in [2.24, 2.45) is 11.3 Å². The molecule has 0 bridgehead atoms. The standard InChI is InChI=1S/C28H34N2O5/c1-28(2,3)25(26(33)29-23(15-24(31)32)17-9-8-10-17)30-27(34)35-16-22-20-13-6-4-11-18(20)19-12-5-7-14-21(19)22/h4-7,11-14,17,22-23,25H,8-10,15-16H2,1-3H3,(H,29,33)(H,30,34)(H,31,32)/t23?,25-/m0/s1. The van der Waals surface area contributed by atoms with Gasteiger partial charge in [-0.2, -0.15) is 0 Å². The van der Waals surface area contributed by atoms with Crippen molar-refractivity contribution >= 4 is 18.0 Å². The van der Waals surface area contributed by atoms with Gasteiger partial charge < -0.3 is 20.5 Å². The van der Waals surface area contributed by atoms with E-state index in [-0.39, 0.29) is 30.8 Å². The molecule has 7 heteroatoms. The van der Waals surface area contributed by atoms with Crippen molar-refractivity contribution in [2.75, 3.05) is 6.61 Å². The summed E-state index contributed by atoms with van der Waals surface area (Å²) in [5.41, 5.74) is 3.92. The van der Waals surface area contributed by atoms with Crippen molar-refractivity contribution in [3.63, 3.8) is 0 Å². The smallest absolute Gasteiger partial charge is 0.407 e. The van der Waals surface area contributed by atoms with Gasteiger partial charge in [-0.1, -0.05) is 75.7 Å². The molecular weight excluding hydrogens is 444 g/mol. The molecule has 0 saturated heterocycles. The lowest BCUT2D eigenvalue weighted by Crippen LogP contribution is -2.57. The van der Waals surface area contributed by atoms with E-state index in [4.69, 9.17) is 4.74 Å². The van der Waals surface area contributed by atoms with Crippen molar-refractivity contribution in [3.8, 4) is 11.1 Å². The Labute approximate surface area is 206 Å². The Bertz CT molecular complexity index is 1060.